The van der Waals surface area contributed by atoms with Crippen LogP contribution in [0.3, 0.4) is 0 Å². The van der Waals surface area contributed by atoms with Crippen molar-refractivity contribution >= 4 is 50.8 Å². The van der Waals surface area contributed by atoms with Gasteiger partial charge >= 0.3 is 0 Å². The van der Waals surface area contributed by atoms with Crippen molar-refractivity contribution in [2.24, 2.45) is 17.8 Å². The van der Waals surface area contributed by atoms with Crippen molar-refractivity contribution in [2.75, 3.05) is 12.0 Å². The molecule has 1 fully saturated rings. The van der Waals surface area contributed by atoms with E-state index in [1.807, 2.05) is 6.08 Å². The molecule has 8 nitrogen and oxygen atoms in total. The Morgan fingerprint density at radius 3 is 2.41 bits per heavy atom. The highest BCUT2D eigenvalue weighted by Crippen LogP contribution is 2.57. The number of Topliss-reactive ketones (excluding diaryl/α,β-unsaturated/α-hetero) is 2. The van der Waals surface area contributed by atoms with E-state index >= 15 is 0 Å². The lowest BCUT2D eigenvalue weighted by Gasteiger charge is -2.42. The van der Waals surface area contributed by atoms with Gasteiger partial charge in [-0.25, -0.2) is 0 Å². The Balaban J connectivity index is 1.49. The maximum Gasteiger partial charge on any atom is 0.238 e. The van der Waals surface area contributed by atoms with Crippen molar-refractivity contribution in [1.29, 1.82) is 0 Å². The zero-order valence-corrected chi connectivity index (χ0v) is 24.2. The number of halogens is 1. The molecule has 1 saturated heterocycles. The molecule has 6 rings (SSSR count). The van der Waals surface area contributed by atoms with Crippen molar-refractivity contribution in [3.8, 4) is 11.5 Å². The van der Waals surface area contributed by atoms with Crippen molar-refractivity contribution in [2.45, 2.75) is 32.6 Å². The number of carbonyl (C=O) groups excluding carboxylic acids is 5. The number of phenolic OH excluding ortho intramolecular Hbond substituents is 1. The highest BCUT2D eigenvalue weighted by Gasteiger charge is 2.57. The number of imide groups is 1. The van der Waals surface area contributed by atoms with E-state index in [0.29, 0.717) is 32.4 Å². The fourth-order valence-electron chi connectivity index (χ4n) is 6.81. The van der Waals surface area contributed by atoms with E-state index in [9.17, 15) is 29.1 Å². The molecule has 1 heterocycles. The molecule has 2 aromatic carbocycles. The Bertz CT molecular complexity index is 1680. The quantitative estimate of drug-likeness (QED) is 0.222. The summed E-state index contributed by atoms with van der Waals surface area (Å²) in [5.74, 6) is -4.14. The summed E-state index contributed by atoms with van der Waals surface area (Å²) in [5, 5.41) is 11.2. The number of rotatable bonds is 4. The molecule has 9 heteroatoms. The van der Waals surface area contributed by atoms with Crippen LogP contribution in [0.15, 0.2) is 75.3 Å². The van der Waals surface area contributed by atoms with E-state index in [0.717, 1.165) is 5.57 Å². The van der Waals surface area contributed by atoms with Crippen LogP contribution in [0.5, 0.6) is 11.5 Å². The molecular weight excluding hydrogens is 590 g/mol. The van der Waals surface area contributed by atoms with Gasteiger partial charge in [0.2, 0.25) is 11.8 Å². The largest absolute Gasteiger partial charge is 0.504 e. The molecule has 3 aliphatic carbocycles. The highest BCUT2D eigenvalue weighted by molar-refractivity contribution is 9.10. The van der Waals surface area contributed by atoms with E-state index in [-0.39, 0.29) is 59.1 Å². The first-order chi connectivity index (χ1) is 19.5. The second-order valence-corrected chi connectivity index (χ2v) is 11.8. The number of fused-ring (bicyclic) bond motifs is 3. The summed E-state index contributed by atoms with van der Waals surface area (Å²) in [6, 6.07) is 9.64. The van der Waals surface area contributed by atoms with E-state index < -0.39 is 23.7 Å². The topological polar surface area (TPSA) is 118 Å². The monoisotopic (exact) mass is 615 g/mol. The molecule has 0 aromatic heterocycles. The lowest BCUT2D eigenvalue weighted by Crippen LogP contribution is -2.39. The molecule has 1 N–H and O–H groups in total. The van der Waals surface area contributed by atoms with Crippen LogP contribution in [-0.2, 0) is 19.2 Å². The molecule has 0 unspecified atom stereocenters. The molecule has 4 aliphatic rings. The van der Waals surface area contributed by atoms with E-state index in [1.165, 1.54) is 25.0 Å². The van der Waals surface area contributed by atoms with Crippen molar-refractivity contribution in [3.05, 3.63) is 86.4 Å². The van der Waals surface area contributed by atoms with Crippen molar-refractivity contribution in [3.63, 3.8) is 0 Å². The third kappa shape index (κ3) is 4.05. The molecule has 2 aromatic rings. The number of methoxy groups -OCH3 is 1. The van der Waals surface area contributed by atoms with Gasteiger partial charge in [-0.1, -0.05) is 27.6 Å². The molecule has 1 aliphatic heterocycles. The number of aromatic hydroxyl groups is 1. The Kier molecular flexibility index (Phi) is 6.45. The minimum absolute atomic E-state index is 0.126. The second-order valence-electron chi connectivity index (χ2n) is 10.9. The summed E-state index contributed by atoms with van der Waals surface area (Å²) in [7, 11) is 1.42. The van der Waals surface area contributed by atoms with Crippen LogP contribution in [0.25, 0.3) is 0 Å². The van der Waals surface area contributed by atoms with Crippen LogP contribution in [0.1, 0.15) is 48.5 Å². The van der Waals surface area contributed by atoms with Crippen LogP contribution < -0.4 is 9.64 Å². The number of anilines is 1. The highest BCUT2D eigenvalue weighted by atomic mass is 79.9. The Labute approximate surface area is 244 Å². The van der Waals surface area contributed by atoms with Gasteiger partial charge in [-0.15, -0.1) is 0 Å². The maximum atomic E-state index is 14.0. The van der Waals surface area contributed by atoms with Crippen LogP contribution in [0.4, 0.5) is 5.69 Å². The van der Waals surface area contributed by atoms with Gasteiger partial charge in [0.1, 0.15) is 0 Å². The lowest BCUT2D eigenvalue weighted by atomic mass is 9.59. The zero-order valence-electron chi connectivity index (χ0n) is 22.6. The molecular formula is C32H26BrNO7. The van der Waals surface area contributed by atoms with Gasteiger partial charge in [0.15, 0.2) is 28.8 Å². The average Bonchev–Trinajstić information content (AvgIpc) is 3.21. The number of hydrogen-bond donors (Lipinski definition) is 1. The first kappa shape index (κ1) is 27.1. The van der Waals surface area contributed by atoms with Crippen LogP contribution in [0.2, 0.25) is 0 Å². The third-order valence-corrected chi connectivity index (χ3v) is 9.15. The van der Waals surface area contributed by atoms with Crippen molar-refractivity contribution < 1.29 is 33.8 Å². The first-order valence-corrected chi connectivity index (χ1v) is 14.1. The number of ether oxygens (including phenoxy) is 1. The number of nitrogens with zero attached hydrogens (tertiary/aromatic N) is 1. The Morgan fingerprint density at radius 2 is 1.76 bits per heavy atom. The SMILES string of the molecule is COc1cc(Br)cc([C@H]2C3=CC[C@@H]4C(=O)N(c5ccc(C(C)=O)cc5)C(=O)[C@@H]4[C@@H]3CC3=C2C(=O)C=C(C)C3=O)c1O. The van der Waals surface area contributed by atoms with Crippen molar-refractivity contribution in [1.82, 2.24) is 0 Å². The average molecular weight is 616 g/mol. The number of amides is 2. The van der Waals surface area contributed by atoms with Gasteiger partial charge in [-0.2, -0.15) is 0 Å². The molecule has 0 radical (unpaired) electrons. The molecule has 2 amide bonds. The molecule has 0 spiro atoms. The molecule has 0 bridgehead atoms. The van der Waals surface area contributed by atoms with Crippen LogP contribution >= 0.6 is 15.9 Å². The predicted molar refractivity (Wildman–Crippen MR) is 153 cm³/mol. The molecule has 208 valence electrons. The van der Waals surface area contributed by atoms with E-state index in [1.54, 1.807) is 43.3 Å². The smallest absolute Gasteiger partial charge is 0.238 e. The Morgan fingerprint density at radius 1 is 1.05 bits per heavy atom. The maximum absolute atomic E-state index is 14.0. The summed E-state index contributed by atoms with van der Waals surface area (Å²) < 4.78 is 5.98. The van der Waals surface area contributed by atoms with Gasteiger partial charge < -0.3 is 9.84 Å². The summed E-state index contributed by atoms with van der Waals surface area (Å²) >= 11 is 3.46. The zero-order chi connectivity index (χ0) is 29.3. The molecule has 41 heavy (non-hydrogen) atoms. The van der Waals surface area contributed by atoms with E-state index in [2.05, 4.69) is 15.9 Å². The normalized spacial score (nSPS) is 25.4. The van der Waals surface area contributed by atoms with Crippen LogP contribution in [0, 0.1) is 17.8 Å². The number of carbonyl (C=O) groups is 5. The number of phenols is 1. The predicted octanol–water partition coefficient (Wildman–Crippen LogP) is 5.00. The van der Waals surface area contributed by atoms with Gasteiger partial charge in [0.25, 0.3) is 0 Å². The lowest BCUT2D eigenvalue weighted by molar-refractivity contribution is -0.123. The summed E-state index contributed by atoms with van der Waals surface area (Å²) in [6.07, 6.45) is 3.62. The fraction of sp³-hybridized carbons (Fsp3) is 0.281. The molecule has 0 saturated carbocycles. The van der Waals surface area contributed by atoms with Crippen LogP contribution in [-0.4, -0.2) is 41.4 Å². The van der Waals surface area contributed by atoms with Gasteiger partial charge in [0, 0.05) is 38.2 Å². The standard InChI is InChI=1S/C32H26BrNO7/c1-14-10-24(36)28-23(29(14)37)13-21-19(26(28)22-11-17(33)12-25(41-3)30(22)38)8-9-20-27(21)32(40)34(31(20)39)18-6-4-16(5-7-18)15(2)35/h4-8,10-12,20-21,26-27,38H,9,13H2,1-3H3/t20-,21+,26+,27-/m0/s1. The minimum atomic E-state index is -0.802. The minimum Gasteiger partial charge on any atom is -0.504 e. The van der Waals surface area contributed by atoms with Gasteiger partial charge in [-0.05, 0) is 75.1 Å². The van der Waals surface area contributed by atoms with E-state index in [4.69, 9.17) is 4.74 Å². The number of allylic oxidation sites excluding steroid dienone is 6. The fourth-order valence-corrected chi connectivity index (χ4v) is 7.26. The summed E-state index contributed by atoms with van der Waals surface area (Å²) in [6.45, 7) is 3.03. The first-order valence-electron chi connectivity index (χ1n) is 13.3. The summed E-state index contributed by atoms with van der Waals surface area (Å²) in [5.41, 5.74) is 2.85. The number of ketones is 3. The third-order valence-electron chi connectivity index (χ3n) is 8.69. The Hall–Kier alpha value is -4.11. The summed E-state index contributed by atoms with van der Waals surface area (Å²) in [4.78, 5) is 67.5. The second kappa shape index (κ2) is 9.76. The molecule has 4 atom stereocenters. The van der Waals surface area contributed by atoms with Gasteiger partial charge in [-0.3, -0.25) is 28.9 Å². The number of hydrogen-bond acceptors (Lipinski definition) is 7. The van der Waals surface area contributed by atoms with Gasteiger partial charge in [0.05, 0.1) is 24.6 Å². The number of benzene rings is 2.